The highest BCUT2D eigenvalue weighted by atomic mass is 16.5. The predicted molar refractivity (Wildman–Crippen MR) is 65.9 cm³/mol. The van der Waals surface area contributed by atoms with Crippen molar-refractivity contribution in [2.24, 2.45) is 5.92 Å². The van der Waals surface area contributed by atoms with Crippen LogP contribution in [-0.4, -0.2) is 23.5 Å². The highest BCUT2D eigenvalue weighted by molar-refractivity contribution is 5.97. The highest BCUT2D eigenvalue weighted by Crippen LogP contribution is 2.29. The van der Waals surface area contributed by atoms with Crippen LogP contribution >= 0.6 is 0 Å². The number of carbonyl (C=O) groups excluding carboxylic acids is 1. The van der Waals surface area contributed by atoms with E-state index in [4.69, 9.17) is 9.84 Å². The number of benzene rings is 1. The average molecular weight is 248 g/mol. The summed E-state index contributed by atoms with van der Waals surface area (Å²) in [6.45, 7) is 0.701. The Bertz CT molecular complexity index is 449. The zero-order valence-electron chi connectivity index (χ0n) is 10.1. The number of ether oxygens (including phenoxy) is 1. The molecule has 2 rings (SSSR count). The Kier molecular flexibility index (Phi) is 3.97. The first-order valence-corrected chi connectivity index (χ1v) is 6.13. The Labute approximate surface area is 106 Å². The number of hydrogen-bond acceptors (Lipinski definition) is 3. The number of Topliss-reactive ketones (excluding diaryl/α,β-unsaturated/α-hetero) is 1. The van der Waals surface area contributed by atoms with Crippen molar-refractivity contribution in [1.82, 2.24) is 0 Å². The number of rotatable bonds is 7. The van der Waals surface area contributed by atoms with E-state index in [0.29, 0.717) is 23.8 Å². The van der Waals surface area contributed by atoms with Gasteiger partial charge in [0.15, 0.2) is 5.78 Å². The maximum Gasteiger partial charge on any atom is 0.303 e. The molecule has 0 saturated heterocycles. The fourth-order valence-corrected chi connectivity index (χ4v) is 1.62. The quantitative estimate of drug-likeness (QED) is 0.753. The van der Waals surface area contributed by atoms with E-state index in [1.165, 1.54) is 12.8 Å². The molecule has 4 nitrogen and oxygen atoms in total. The van der Waals surface area contributed by atoms with E-state index >= 15 is 0 Å². The fraction of sp³-hybridized carbons (Fsp3) is 0.429. The molecule has 1 aliphatic rings. The molecule has 0 atom stereocenters. The second-order valence-corrected chi connectivity index (χ2v) is 4.60. The van der Waals surface area contributed by atoms with Crippen LogP contribution in [-0.2, 0) is 4.79 Å². The van der Waals surface area contributed by atoms with Gasteiger partial charge in [0.2, 0.25) is 0 Å². The summed E-state index contributed by atoms with van der Waals surface area (Å²) in [4.78, 5) is 22.1. The van der Waals surface area contributed by atoms with Crippen LogP contribution in [0.1, 0.15) is 36.0 Å². The first-order chi connectivity index (χ1) is 8.65. The van der Waals surface area contributed by atoms with E-state index in [-0.39, 0.29) is 18.6 Å². The van der Waals surface area contributed by atoms with Gasteiger partial charge in [0.05, 0.1) is 13.0 Å². The lowest BCUT2D eigenvalue weighted by atomic mass is 10.1. The molecule has 1 fully saturated rings. The summed E-state index contributed by atoms with van der Waals surface area (Å²) in [5.74, 6) is 0.234. The lowest BCUT2D eigenvalue weighted by Crippen LogP contribution is -2.05. The molecule has 0 aliphatic heterocycles. The SMILES string of the molecule is O=C(O)CCC(=O)c1cccc(OCC2CC2)c1. The Morgan fingerprint density at radius 2 is 2.06 bits per heavy atom. The minimum absolute atomic E-state index is 0.0292. The van der Waals surface area contributed by atoms with Gasteiger partial charge in [-0.05, 0) is 30.9 Å². The molecular weight excluding hydrogens is 232 g/mol. The summed E-state index contributed by atoms with van der Waals surface area (Å²) in [5, 5.41) is 8.54. The molecule has 1 N–H and O–H groups in total. The molecule has 0 bridgehead atoms. The van der Waals surface area contributed by atoms with Gasteiger partial charge in [0.25, 0.3) is 0 Å². The topological polar surface area (TPSA) is 63.6 Å². The highest BCUT2D eigenvalue weighted by Gasteiger charge is 2.22. The number of carbonyl (C=O) groups is 2. The second kappa shape index (κ2) is 5.67. The lowest BCUT2D eigenvalue weighted by Gasteiger charge is -2.06. The minimum atomic E-state index is -0.954. The van der Waals surface area contributed by atoms with E-state index in [2.05, 4.69) is 0 Å². The molecule has 0 aromatic heterocycles. The van der Waals surface area contributed by atoms with Crippen LogP contribution in [0.5, 0.6) is 5.75 Å². The van der Waals surface area contributed by atoms with Gasteiger partial charge in [-0.2, -0.15) is 0 Å². The number of hydrogen-bond donors (Lipinski definition) is 1. The third-order valence-electron chi connectivity index (χ3n) is 2.90. The monoisotopic (exact) mass is 248 g/mol. The molecule has 0 unspecified atom stereocenters. The van der Waals surface area contributed by atoms with E-state index < -0.39 is 5.97 Å². The van der Waals surface area contributed by atoms with Crippen LogP contribution in [0, 0.1) is 5.92 Å². The van der Waals surface area contributed by atoms with Gasteiger partial charge in [0, 0.05) is 12.0 Å². The molecule has 1 aromatic rings. The normalized spacial score (nSPS) is 14.2. The summed E-state index contributed by atoms with van der Waals surface area (Å²) in [6, 6.07) is 6.95. The van der Waals surface area contributed by atoms with Crippen molar-refractivity contribution >= 4 is 11.8 Å². The molecule has 0 amide bonds. The molecule has 18 heavy (non-hydrogen) atoms. The lowest BCUT2D eigenvalue weighted by molar-refractivity contribution is -0.136. The van der Waals surface area contributed by atoms with Crippen molar-refractivity contribution in [2.45, 2.75) is 25.7 Å². The van der Waals surface area contributed by atoms with E-state index in [0.717, 1.165) is 0 Å². The van der Waals surface area contributed by atoms with E-state index in [1.54, 1.807) is 18.2 Å². The zero-order valence-corrected chi connectivity index (χ0v) is 10.1. The van der Waals surface area contributed by atoms with Crippen molar-refractivity contribution < 1.29 is 19.4 Å². The summed E-state index contributed by atoms with van der Waals surface area (Å²) in [6.07, 6.45) is 2.34. The van der Waals surface area contributed by atoms with Gasteiger partial charge in [-0.3, -0.25) is 9.59 Å². The predicted octanol–water partition coefficient (Wildman–Crippen LogP) is 2.52. The average Bonchev–Trinajstić information content (AvgIpc) is 3.18. The van der Waals surface area contributed by atoms with Crippen molar-refractivity contribution in [3.05, 3.63) is 29.8 Å². The maximum absolute atomic E-state index is 11.7. The maximum atomic E-state index is 11.7. The summed E-state index contributed by atoms with van der Waals surface area (Å²) >= 11 is 0. The van der Waals surface area contributed by atoms with Crippen LogP contribution in [0.25, 0.3) is 0 Å². The van der Waals surface area contributed by atoms with Gasteiger partial charge in [-0.15, -0.1) is 0 Å². The minimum Gasteiger partial charge on any atom is -0.493 e. The first-order valence-electron chi connectivity index (χ1n) is 6.13. The third-order valence-corrected chi connectivity index (χ3v) is 2.90. The standard InChI is InChI=1S/C14H16O4/c15-13(6-7-14(16)17)11-2-1-3-12(8-11)18-9-10-4-5-10/h1-3,8,10H,4-7,9H2,(H,16,17). The van der Waals surface area contributed by atoms with Gasteiger partial charge < -0.3 is 9.84 Å². The van der Waals surface area contributed by atoms with Crippen molar-refractivity contribution in [1.29, 1.82) is 0 Å². The first kappa shape index (κ1) is 12.6. The van der Waals surface area contributed by atoms with Crippen molar-refractivity contribution in [3.63, 3.8) is 0 Å². The van der Waals surface area contributed by atoms with E-state index in [1.807, 2.05) is 6.07 Å². The Morgan fingerprint density at radius 1 is 1.28 bits per heavy atom. The number of ketones is 1. The van der Waals surface area contributed by atoms with Gasteiger partial charge in [-0.1, -0.05) is 12.1 Å². The molecule has 96 valence electrons. The number of carboxylic acids is 1. The molecule has 1 aromatic carbocycles. The molecule has 0 spiro atoms. The zero-order chi connectivity index (χ0) is 13.0. The molecule has 4 heteroatoms. The Morgan fingerprint density at radius 3 is 2.72 bits per heavy atom. The van der Waals surface area contributed by atoms with Crippen LogP contribution in [0.3, 0.4) is 0 Å². The van der Waals surface area contributed by atoms with Gasteiger partial charge in [0.1, 0.15) is 5.75 Å². The van der Waals surface area contributed by atoms with Crippen LogP contribution in [0.15, 0.2) is 24.3 Å². The largest absolute Gasteiger partial charge is 0.493 e. The smallest absolute Gasteiger partial charge is 0.303 e. The Balaban J connectivity index is 1.92. The number of aliphatic carboxylic acids is 1. The van der Waals surface area contributed by atoms with Gasteiger partial charge in [-0.25, -0.2) is 0 Å². The Hall–Kier alpha value is -1.84. The molecule has 1 saturated carbocycles. The van der Waals surface area contributed by atoms with Crippen LogP contribution in [0.4, 0.5) is 0 Å². The summed E-state index contributed by atoms with van der Waals surface area (Å²) < 4.78 is 5.58. The van der Waals surface area contributed by atoms with Crippen molar-refractivity contribution in [3.8, 4) is 5.75 Å². The van der Waals surface area contributed by atoms with Crippen LogP contribution < -0.4 is 4.74 Å². The molecular formula is C14H16O4. The molecule has 0 radical (unpaired) electrons. The van der Waals surface area contributed by atoms with Crippen molar-refractivity contribution in [2.75, 3.05) is 6.61 Å². The van der Waals surface area contributed by atoms with Crippen LogP contribution in [0.2, 0.25) is 0 Å². The fourth-order valence-electron chi connectivity index (χ4n) is 1.62. The second-order valence-electron chi connectivity index (χ2n) is 4.60. The third kappa shape index (κ3) is 3.87. The van der Waals surface area contributed by atoms with E-state index in [9.17, 15) is 9.59 Å². The summed E-state index contributed by atoms with van der Waals surface area (Å²) in [7, 11) is 0. The summed E-state index contributed by atoms with van der Waals surface area (Å²) in [5.41, 5.74) is 0.518. The number of carboxylic acid groups (broad SMARTS) is 1. The van der Waals surface area contributed by atoms with Gasteiger partial charge >= 0.3 is 5.97 Å². The molecule has 0 heterocycles. The molecule has 1 aliphatic carbocycles.